The van der Waals surface area contributed by atoms with Crippen molar-refractivity contribution in [2.45, 2.75) is 25.8 Å². The lowest BCUT2D eigenvalue weighted by Crippen LogP contribution is -2.42. The SMILES string of the molecule is CC1(C)OC(=O)C(=CNc2cc(F)c(C(F)(F)F)cc2[N+](=O)[O-])C(=O)O1. The van der Waals surface area contributed by atoms with Crippen molar-refractivity contribution in [3.05, 3.63) is 45.4 Å². The fourth-order valence-corrected chi connectivity index (χ4v) is 1.97. The van der Waals surface area contributed by atoms with Crippen LogP contribution in [0.3, 0.4) is 0 Å². The Balaban J connectivity index is 2.41. The van der Waals surface area contributed by atoms with Gasteiger partial charge in [-0.15, -0.1) is 0 Å². The number of cyclic esters (lactones) is 2. The minimum absolute atomic E-state index is 0.00318. The van der Waals surface area contributed by atoms with Crippen molar-refractivity contribution in [1.29, 1.82) is 0 Å². The summed E-state index contributed by atoms with van der Waals surface area (Å²) in [5.74, 6) is -5.57. The van der Waals surface area contributed by atoms with Gasteiger partial charge in [-0.05, 0) is 0 Å². The maximum atomic E-state index is 13.6. The molecule has 1 N–H and O–H groups in total. The number of halogens is 4. The van der Waals surface area contributed by atoms with Crippen LogP contribution >= 0.6 is 0 Å². The summed E-state index contributed by atoms with van der Waals surface area (Å²) in [5, 5.41) is 13.0. The van der Waals surface area contributed by atoms with Crippen molar-refractivity contribution in [3.63, 3.8) is 0 Å². The van der Waals surface area contributed by atoms with Gasteiger partial charge < -0.3 is 14.8 Å². The Hall–Kier alpha value is -3.18. The Morgan fingerprint density at radius 2 is 1.73 bits per heavy atom. The highest BCUT2D eigenvalue weighted by Crippen LogP contribution is 2.37. The van der Waals surface area contributed by atoms with Gasteiger partial charge in [0.15, 0.2) is 5.57 Å². The molecule has 1 aromatic rings. The molecule has 1 heterocycles. The average Bonchev–Trinajstić information content (AvgIpc) is 2.43. The number of nitro benzene ring substituents is 1. The molecule has 12 heteroatoms. The van der Waals surface area contributed by atoms with E-state index >= 15 is 0 Å². The molecule has 1 aliphatic rings. The average molecular weight is 378 g/mol. The first-order chi connectivity index (χ1) is 11.8. The summed E-state index contributed by atoms with van der Waals surface area (Å²) < 4.78 is 61.1. The van der Waals surface area contributed by atoms with E-state index in [1.165, 1.54) is 13.8 Å². The summed E-state index contributed by atoms with van der Waals surface area (Å²) in [6.07, 6.45) is -4.52. The van der Waals surface area contributed by atoms with Crippen LogP contribution in [0, 0.1) is 15.9 Å². The molecule has 0 atom stereocenters. The zero-order valence-electron chi connectivity index (χ0n) is 13.1. The monoisotopic (exact) mass is 378 g/mol. The Kier molecular flexibility index (Phi) is 4.62. The Labute approximate surface area is 142 Å². The standard InChI is InChI=1S/C14H10F4N2O6/c1-13(2)25-11(21)6(12(22)26-13)5-19-9-4-8(15)7(14(16,17)18)3-10(9)20(23)24/h3-5,19H,1-2H3. The highest BCUT2D eigenvalue weighted by molar-refractivity contribution is 6.15. The quantitative estimate of drug-likeness (QED) is 0.215. The molecule has 0 saturated carbocycles. The third-order valence-corrected chi connectivity index (χ3v) is 3.08. The largest absolute Gasteiger partial charge is 0.419 e. The van der Waals surface area contributed by atoms with Gasteiger partial charge in [0.2, 0.25) is 0 Å². The van der Waals surface area contributed by atoms with Gasteiger partial charge in [-0.3, -0.25) is 10.1 Å². The molecule has 1 aliphatic heterocycles. The fraction of sp³-hybridized carbons (Fsp3) is 0.286. The van der Waals surface area contributed by atoms with E-state index in [9.17, 15) is 37.3 Å². The Morgan fingerprint density at radius 3 is 2.19 bits per heavy atom. The molecule has 8 nitrogen and oxygen atoms in total. The maximum Gasteiger partial charge on any atom is 0.419 e. The topological polar surface area (TPSA) is 108 Å². The number of carbonyl (C=O) groups excluding carboxylic acids is 2. The number of hydrogen-bond acceptors (Lipinski definition) is 7. The normalized spacial score (nSPS) is 16.6. The van der Waals surface area contributed by atoms with Crippen LogP contribution in [0.15, 0.2) is 23.9 Å². The molecule has 1 saturated heterocycles. The zero-order valence-corrected chi connectivity index (χ0v) is 13.1. The number of ether oxygens (including phenoxy) is 2. The first-order valence-corrected chi connectivity index (χ1v) is 6.80. The van der Waals surface area contributed by atoms with E-state index < -0.39 is 57.2 Å². The molecular formula is C14H10F4N2O6. The molecule has 1 aromatic carbocycles. The second kappa shape index (κ2) is 6.28. The molecule has 0 radical (unpaired) electrons. The highest BCUT2D eigenvalue weighted by Gasteiger charge is 2.40. The van der Waals surface area contributed by atoms with E-state index in [1.54, 1.807) is 0 Å². The third-order valence-electron chi connectivity index (χ3n) is 3.08. The van der Waals surface area contributed by atoms with E-state index in [-0.39, 0.29) is 12.1 Å². The summed E-state index contributed by atoms with van der Waals surface area (Å²) in [6, 6.07) is 0.220. The molecule has 0 unspecified atom stereocenters. The molecule has 140 valence electrons. The lowest BCUT2D eigenvalue weighted by molar-refractivity contribution is -0.384. The van der Waals surface area contributed by atoms with Gasteiger partial charge >= 0.3 is 18.1 Å². The molecule has 2 rings (SSSR count). The molecule has 1 fully saturated rings. The number of alkyl halides is 3. The van der Waals surface area contributed by atoms with Gasteiger partial charge in [0.05, 0.1) is 10.5 Å². The number of benzene rings is 1. The second-order valence-corrected chi connectivity index (χ2v) is 5.49. The lowest BCUT2D eigenvalue weighted by atomic mass is 10.1. The van der Waals surface area contributed by atoms with Gasteiger partial charge in [0.1, 0.15) is 11.5 Å². The number of esters is 2. The molecule has 0 aromatic heterocycles. The first-order valence-electron chi connectivity index (χ1n) is 6.80. The minimum atomic E-state index is -5.14. The third kappa shape index (κ3) is 3.90. The van der Waals surface area contributed by atoms with Crippen LogP contribution < -0.4 is 5.32 Å². The van der Waals surface area contributed by atoms with Crippen molar-refractivity contribution in [2.75, 3.05) is 5.32 Å². The fourth-order valence-electron chi connectivity index (χ4n) is 1.97. The van der Waals surface area contributed by atoms with Crippen LogP contribution in [0.2, 0.25) is 0 Å². The molecule has 0 bridgehead atoms. The summed E-state index contributed by atoms with van der Waals surface area (Å²) in [4.78, 5) is 33.2. The van der Waals surface area contributed by atoms with E-state index in [0.29, 0.717) is 6.20 Å². The van der Waals surface area contributed by atoms with Crippen molar-refractivity contribution in [2.24, 2.45) is 0 Å². The minimum Gasteiger partial charge on any atom is -0.419 e. The lowest BCUT2D eigenvalue weighted by Gasteiger charge is -2.29. The van der Waals surface area contributed by atoms with Crippen molar-refractivity contribution in [3.8, 4) is 0 Å². The maximum absolute atomic E-state index is 13.6. The molecule has 0 spiro atoms. The van der Waals surface area contributed by atoms with Gasteiger partial charge in [0.25, 0.3) is 11.5 Å². The smallest absolute Gasteiger partial charge is 0.419 e. The van der Waals surface area contributed by atoms with Crippen LogP contribution in [0.1, 0.15) is 19.4 Å². The van der Waals surface area contributed by atoms with Gasteiger partial charge in [-0.25, -0.2) is 14.0 Å². The van der Waals surface area contributed by atoms with Crippen LogP contribution in [-0.2, 0) is 25.2 Å². The summed E-state index contributed by atoms with van der Waals surface area (Å²) in [7, 11) is 0. The zero-order chi connectivity index (χ0) is 19.9. The molecule has 0 amide bonds. The number of nitro groups is 1. The van der Waals surface area contributed by atoms with Crippen LogP contribution in [0.5, 0.6) is 0 Å². The Bertz CT molecular complexity index is 809. The van der Waals surface area contributed by atoms with Crippen molar-refractivity contribution >= 4 is 23.3 Å². The van der Waals surface area contributed by atoms with Crippen LogP contribution in [0.25, 0.3) is 0 Å². The number of nitrogens with one attached hydrogen (secondary N) is 1. The number of rotatable bonds is 3. The van der Waals surface area contributed by atoms with Gasteiger partial charge in [0, 0.05) is 32.2 Å². The van der Waals surface area contributed by atoms with E-state index in [4.69, 9.17) is 9.47 Å². The predicted molar refractivity (Wildman–Crippen MR) is 76.0 cm³/mol. The molecule has 26 heavy (non-hydrogen) atoms. The first kappa shape index (κ1) is 19.1. The van der Waals surface area contributed by atoms with Crippen molar-refractivity contribution in [1.82, 2.24) is 0 Å². The highest BCUT2D eigenvalue weighted by atomic mass is 19.4. The van der Waals surface area contributed by atoms with Crippen LogP contribution in [0.4, 0.5) is 28.9 Å². The van der Waals surface area contributed by atoms with E-state index in [2.05, 4.69) is 5.32 Å². The number of nitrogens with zero attached hydrogens (tertiary/aromatic N) is 1. The van der Waals surface area contributed by atoms with Crippen LogP contribution in [-0.4, -0.2) is 22.6 Å². The second-order valence-electron chi connectivity index (χ2n) is 5.49. The summed E-state index contributed by atoms with van der Waals surface area (Å²) in [5.41, 5.74) is -4.37. The van der Waals surface area contributed by atoms with Gasteiger partial charge in [-0.2, -0.15) is 13.2 Å². The Morgan fingerprint density at radius 1 is 1.19 bits per heavy atom. The predicted octanol–water partition coefficient (Wildman–Crippen LogP) is 2.88. The summed E-state index contributed by atoms with van der Waals surface area (Å²) in [6.45, 7) is 2.56. The molecule has 0 aliphatic carbocycles. The number of hydrogen-bond donors (Lipinski definition) is 1. The number of anilines is 1. The number of carbonyl (C=O) groups is 2. The van der Waals surface area contributed by atoms with Crippen molar-refractivity contribution < 1.29 is 41.5 Å². The van der Waals surface area contributed by atoms with Gasteiger partial charge in [-0.1, -0.05) is 0 Å². The molecular weight excluding hydrogens is 368 g/mol. The summed E-state index contributed by atoms with van der Waals surface area (Å²) >= 11 is 0. The van der Waals surface area contributed by atoms with E-state index in [1.807, 2.05) is 0 Å². The van der Waals surface area contributed by atoms with E-state index in [0.717, 1.165) is 0 Å².